The number of fused-ring (bicyclic) bond motifs is 1. The van der Waals surface area contributed by atoms with Gasteiger partial charge in [-0.3, -0.25) is 0 Å². The van der Waals surface area contributed by atoms with E-state index in [-0.39, 0.29) is 20.3 Å². The molecule has 0 fully saturated rings. The molecule has 0 unspecified atom stereocenters. The van der Waals surface area contributed by atoms with E-state index in [4.69, 9.17) is 0 Å². The predicted octanol–water partition coefficient (Wildman–Crippen LogP) is 3.10. The summed E-state index contributed by atoms with van der Waals surface area (Å²) in [4.78, 5) is 4.57. The molecule has 0 saturated heterocycles. The summed E-state index contributed by atoms with van der Waals surface area (Å²) in [5.41, 5.74) is 2.08. The summed E-state index contributed by atoms with van der Waals surface area (Å²) in [5, 5.41) is 0. The fraction of sp³-hybridized carbons (Fsp3) is 0. The molecule has 3 heteroatoms. The number of rotatable bonds is 1. The Kier molecular flexibility index (Phi) is 2.35. The molecule has 16 heavy (non-hydrogen) atoms. The van der Waals surface area contributed by atoms with Gasteiger partial charge in [-0.1, -0.05) is 0 Å². The Hall–Kier alpha value is -1.44. The number of hydrogen-bond donors (Lipinski definition) is 0. The van der Waals surface area contributed by atoms with Crippen LogP contribution in [0.5, 0.6) is 0 Å². The summed E-state index contributed by atoms with van der Waals surface area (Å²) < 4.78 is 15.2. The first-order valence-electron chi connectivity index (χ1n) is 4.94. The van der Waals surface area contributed by atoms with E-state index >= 15 is 0 Å². The zero-order valence-electron chi connectivity index (χ0n) is 8.35. The van der Waals surface area contributed by atoms with Gasteiger partial charge in [0, 0.05) is 0 Å². The number of para-hydroxylation sites is 1. The van der Waals surface area contributed by atoms with Gasteiger partial charge in [0.05, 0.1) is 0 Å². The van der Waals surface area contributed by atoms with Crippen LogP contribution in [0.3, 0.4) is 0 Å². The molecule has 0 bridgehead atoms. The molecule has 1 heterocycles. The quantitative estimate of drug-likeness (QED) is 0.622. The van der Waals surface area contributed by atoms with Crippen molar-refractivity contribution in [1.82, 2.24) is 4.98 Å². The van der Waals surface area contributed by atoms with Gasteiger partial charge in [-0.15, -0.1) is 0 Å². The van der Waals surface area contributed by atoms with Crippen molar-refractivity contribution >= 4 is 24.3 Å². The SMILES string of the molecule is Fc1ccc(-c2nc3ccccc3[se]2)cc1. The van der Waals surface area contributed by atoms with Crippen LogP contribution < -0.4 is 0 Å². The van der Waals surface area contributed by atoms with Gasteiger partial charge in [0.25, 0.3) is 0 Å². The van der Waals surface area contributed by atoms with E-state index in [0.717, 1.165) is 15.6 Å². The van der Waals surface area contributed by atoms with Gasteiger partial charge in [-0.05, 0) is 0 Å². The third-order valence-electron chi connectivity index (χ3n) is 2.39. The van der Waals surface area contributed by atoms with Crippen molar-refractivity contribution in [2.45, 2.75) is 0 Å². The van der Waals surface area contributed by atoms with Crippen molar-refractivity contribution in [1.29, 1.82) is 0 Å². The van der Waals surface area contributed by atoms with Gasteiger partial charge in [0.1, 0.15) is 0 Å². The van der Waals surface area contributed by atoms with Crippen molar-refractivity contribution in [3.8, 4) is 10.1 Å². The molecule has 0 N–H and O–H groups in total. The Morgan fingerprint density at radius 2 is 1.69 bits per heavy atom. The second-order valence-electron chi connectivity index (χ2n) is 3.49. The van der Waals surface area contributed by atoms with Crippen molar-refractivity contribution in [2.24, 2.45) is 0 Å². The van der Waals surface area contributed by atoms with Crippen LogP contribution >= 0.6 is 0 Å². The van der Waals surface area contributed by atoms with Crippen LogP contribution in [0.2, 0.25) is 0 Å². The molecule has 1 nitrogen and oxygen atoms in total. The first-order valence-corrected chi connectivity index (χ1v) is 6.66. The van der Waals surface area contributed by atoms with Gasteiger partial charge in [-0.2, -0.15) is 0 Å². The van der Waals surface area contributed by atoms with Crippen molar-refractivity contribution in [3.05, 3.63) is 54.3 Å². The number of hydrogen-bond acceptors (Lipinski definition) is 1. The molecule has 0 radical (unpaired) electrons. The summed E-state index contributed by atoms with van der Waals surface area (Å²) in [6.45, 7) is 0. The van der Waals surface area contributed by atoms with Gasteiger partial charge in [0.15, 0.2) is 0 Å². The number of halogens is 1. The van der Waals surface area contributed by atoms with Crippen LogP contribution in [-0.4, -0.2) is 19.5 Å². The van der Waals surface area contributed by atoms with Crippen LogP contribution in [-0.2, 0) is 0 Å². The van der Waals surface area contributed by atoms with E-state index in [0.29, 0.717) is 0 Å². The first kappa shape index (κ1) is 9.76. The second-order valence-corrected chi connectivity index (χ2v) is 5.66. The Morgan fingerprint density at radius 1 is 0.938 bits per heavy atom. The van der Waals surface area contributed by atoms with Crippen LogP contribution in [0, 0.1) is 5.82 Å². The predicted molar refractivity (Wildman–Crippen MR) is 64.1 cm³/mol. The van der Waals surface area contributed by atoms with Gasteiger partial charge < -0.3 is 0 Å². The molecule has 0 amide bonds. The van der Waals surface area contributed by atoms with Crippen LogP contribution in [0.4, 0.5) is 4.39 Å². The summed E-state index contributed by atoms with van der Waals surface area (Å²) in [6, 6.07) is 14.7. The number of benzene rings is 2. The zero-order chi connectivity index (χ0) is 11.0. The molecule has 78 valence electrons. The molecule has 0 aliphatic carbocycles. The van der Waals surface area contributed by atoms with E-state index in [9.17, 15) is 4.39 Å². The monoisotopic (exact) mass is 277 g/mol. The Labute approximate surface area is 98.3 Å². The molecule has 2 aromatic carbocycles. The molecular formula is C13H8FNSe. The van der Waals surface area contributed by atoms with Gasteiger partial charge in [0.2, 0.25) is 0 Å². The fourth-order valence-electron chi connectivity index (χ4n) is 1.59. The molecular weight excluding hydrogens is 268 g/mol. The van der Waals surface area contributed by atoms with E-state index in [1.54, 1.807) is 12.1 Å². The fourth-order valence-corrected chi connectivity index (χ4v) is 3.63. The topological polar surface area (TPSA) is 12.9 Å². The molecule has 3 aromatic rings. The molecule has 3 rings (SSSR count). The Morgan fingerprint density at radius 3 is 2.44 bits per heavy atom. The van der Waals surface area contributed by atoms with E-state index < -0.39 is 0 Å². The molecule has 0 aliphatic rings. The third kappa shape index (κ3) is 1.68. The third-order valence-corrected chi connectivity index (χ3v) is 4.66. The van der Waals surface area contributed by atoms with Crippen LogP contribution in [0.15, 0.2) is 48.5 Å². The minimum atomic E-state index is -0.202. The summed E-state index contributed by atoms with van der Waals surface area (Å²) in [7, 11) is 0. The first-order chi connectivity index (χ1) is 7.83. The molecule has 0 saturated carbocycles. The molecule has 1 aromatic heterocycles. The summed E-state index contributed by atoms with van der Waals surface area (Å²) in [6.07, 6.45) is 0. The summed E-state index contributed by atoms with van der Waals surface area (Å²) in [5.74, 6) is -0.202. The zero-order valence-corrected chi connectivity index (χ0v) is 10.1. The average Bonchev–Trinajstić information content (AvgIpc) is 2.73. The van der Waals surface area contributed by atoms with Crippen molar-refractivity contribution in [3.63, 3.8) is 0 Å². The van der Waals surface area contributed by atoms with Crippen LogP contribution in [0.25, 0.3) is 19.9 Å². The van der Waals surface area contributed by atoms with Gasteiger partial charge >= 0.3 is 98.1 Å². The normalized spacial score (nSPS) is 10.8. The second kappa shape index (κ2) is 3.85. The molecule has 0 atom stereocenters. The number of aromatic nitrogens is 1. The van der Waals surface area contributed by atoms with Crippen molar-refractivity contribution in [2.75, 3.05) is 0 Å². The Balaban J connectivity index is 2.15. The minimum absolute atomic E-state index is 0.202. The van der Waals surface area contributed by atoms with Crippen LogP contribution in [0.1, 0.15) is 0 Å². The Bertz CT molecular complexity index is 595. The molecule has 0 spiro atoms. The summed E-state index contributed by atoms with van der Waals surface area (Å²) >= 11 is 0.244. The maximum absolute atomic E-state index is 12.8. The van der Waals surface area contributed by atoms with E-state index in [1.165, 1.54) is 16.4 Å². The van der Waals surface area contributed by atoms with Gasteiger partial charge in [-0.25, -0.2) is 0 Å². The maximum atomic E-state index is 12.8. The van der Waals surface area contributed by atoms with E-state index in [2.05, 4.69) is 11.1 Å². The molecule has 0 aliphatic heterocycles. The standard InChI is InChI=1S/C13H8FNSe/c14-10-7-5-9(6-8-10)13-15-11-3-1-2-4-12(11)16-13/h1-8H. The number of nitrogens with zero attached hydrogens (tertiary/aromatic N) is 1. The van der Waals surface area contributed by atoms with E-state index in [1.807, 2.05) is 18.2 Å². The van der Waals surface area contributed by atoms with Crippen molar-refractivity contribution < 1.29 is 4.39 Å². The average molecular weight is 276 g/mol.